The molecule has 1 amide bonds. The van der Waals surface area contributed by atoms with Crippen molar-refractivity contribution in [3.05, 3.63) is 41.7 Å². The van der Waals surface area contributed by atoms with Crippen molar-refractivity contribution in [3.63, 3.8) is 0 Å². The highest BCUT2D eigenvalue weighted by Crippen LogP contribution is 2.26. The van der Waals surface area contributed by atoms with E-state index in [1.165, 1.54) is 23.9 Å². The van der Waals surface area contributed by atoms with Crippen molar-refractivity contribution in [3.8, 4) is 5.75 Å². The summed E-state index contributed by atoms with van der Waals surface area (Å²) >= 11 is 1.25. The van der Waals surface area contributed by atoms with E-state index in [9.17, 15) is 18.0 Å². The Morgan fingerprint density at radius 3 is 2.27 bits per heavy atom. The van der Waals surface area contributed by atoms with Gasteiger partial charge in [-0.3, -0.25) is 4.79 Å². The summed E-state index contributed by atoms with van der Waals surface area (Å²) in [5.74, 6) is -0.620. The largest absolute Gasteiger partial charge is 0.573 e. The zero-order chi connectivity index (χ0) is 19.3. The summed E-state index contributed by atoms with van der Waals surface area (Å²) in [6.07, 6.45) is -4.21. The number of nitrogens with one attached hydrogen (secondary N) is 1. The van der Waals surface area contributed by atoms with Crippen LogP contribution in [0.25, 0.3) is 0 Å². The Morgan fingerprint density at radius 1 is 1.19 bits per heavy atom. The Bertz CT molecular complexity index is 747. The number of aromatic nitrogens is 2. The smallest absolute Gasteiger partial charge is 0.406 e. The highest BCUT2D eigenvalue weighted by molar-refractivity contribution is 8.00. The number of carbonyl (C=O) groups is 1. The molecule has 0 aliphatic rings. The molecule has 5 nitrogen and oxygen atoms in total. The van der Waals surface area contributed by atoms with Gasteiger partial charge in [0, 0.05) is 17.1 Å². The van der Waals surface area contributed by atoms with Crippen molar-refractivity contribution in [1.82, 2.24) is 9.97 Å². The summed E-state index contributed by atoms with van der Waals surface area (Å²) in [5, 5.41) is 2.76. The van der Waals surface area contributed by atoms with Gasteiger partial charge < -0.3 is 10.1 Å². The van der Waals surface area contributed by atoms with E-state index in [1.807, 2.05) is 26.8 Å². The third kappa shape index (κ3) is 6.21. The molecule has 0 unspecified atom stereocenters. The van der Waals surface area contributed by atoms with Gasteiger partial charge in [0.15, 0.2) is 5.16 Å². The molecule has 0 spiro atoms. The average molecular weight is 385 g/mol. The standard InChI is InChI=1S/C17H18F3N3O2S/c1-4-14(26-16-21-10(2)9-11(3)22-16)15(24)23-12-5-7-13(8-6-12)25-17(18,19)20/h5-9,14H,4H2,1-3H3,(H,23,24)/t14-/m0/s1. The van der Waals surface area contributed by atoms with Crippen molar-refractivity contribution < 1.29 is 22.7 Å². The van der Waals surface area contributed by atoms with Crippen molar-refractivity contribution in [2.24, 2.45) is 0 Å². The third-order valence-corrected chi connectivity index (χ3v) is 4.45. The van der Waals surface area contributed by atoms with Crippen LogP contribution in [0.1, 0.15) is 24.7 Å². The van der Waals surface area contributed by atoms with Crippen LogP contribution in [0, 0.1) is 13.8 Å². The first-order valence-corrected chi connectivity index (χ1v) is 8.70. The number of thioether (sulfide) groups is 1. The molecule has 1 aromatic carbocycles. The van der Waals surface area contributed by atoms with Crippen molar-refractivity contribution in [2.45, 2.75) is 44.0 Å². The van der Waals surface area contributed by atoms with Crippen molar-refractivity contribution in [2.75, 3.05) is 5.32 Å². The molecule has 0 fully saturated rings. The fourth-order valence-corrected chi connectivity index (χ4v) is 3.14. The van der Waals surface area contributed by atoms with Gasteiger partial charge in [0.1, 0.15) is 5.75 Å². The first kappa shape index (κ1) is 20.0. The summed E-state index contributed by atoms with van der Waals surface area (Å²) in [6.45, 7) is 5.56. The van der Waals surface area contributed by atoms with Crippen LogP contribution in [0.5, 0.6) is 5.75 Å². The fourth-order valence-electron chi connectivity index (χ4n) is 2.16. The molecule has 1 aromatic heterocycles. The van der Waals surface area contributed by atoms with Gasteiger partial charge >= 0.3 is 6.36 Å². The molecule has 1 atom stereocenters. The van der Waals surface area contributed by atoms with E-state index >= 15 is 0 Å². The van der Waals surface area contributed by atoms with Crippen LogP contribution < -0.4 is 10.1 Å². The van der Waals surface area contributed by atoms with E-state index in [-0.39, 0.29) is 11.7 Å². The first-order valence-electron chi connectivity index (χ1n) is 7.82. The molecule has 0 saturated heterocycles. The summed E-state index contributed by atoms with van der Waals surface area (Å²) in [7, 11) is 0. The number of amides is 1. The molecule has 9 heteroatoms. The van der Waals surface area contributed by atoms with Gasteiger partial charge in [-0.25, -0.2) is 9.97 Å². The Kier molecular flexibility index (Phi) is 6.47. The lowest BCUT2D eigenvalue weighted by Crippen LogP contribution is -2.25. The van der Waals surface area contributed by atoms with Gasteiger partial charge in [0.05, 0.1) is 5.25 Å². The molecule has 2 rings (SSSR count). The highest BCUT2D eigenvalue weighted by Gasteiger charge is 2.31. The number of alkyl halides is 3. The second-order valence-electron chi connectivity index (χ2n) is 5.51. The van der Waals surface area contributed by atoms with Crippen molar-refractivity contribution >= 4 is 23.4 Å². The second-order valence-corrected chi connectivity index (χ2v) is 6.68. The summed E-state index contributed by atoms with van der Waals surface area (Å²) < 4.78 is 40.3. The summed E-state index contributed by atoms with van der Waals surface area (Å²) in [6, 6.07) is 6.83. The average Bonchev–Trinajstić information content (AvgIpc) is 2.52. The fraction of sp³-hybridized carbons (Fsp3) is 0.353. The first-order chi connectivity index (χ1) is 12.2. The van der Waals surface area contributed by atoms with Gasteiger partial charge in [-0.1, -0.05) is 18.7 Å². The van der Waals surface area contributed by atoms with Crippen LogP contribution in [0.15, 0.2) is 35.5 Å². The van der Waals surface area contributed by atoms with E-state index in [1.54, 1.807) is 0 Å². The molecular weight excluding hydrogens is 367 g/mol. The van der Waals surface area contributed by atoms with E-state index < -0.39 is 11.6 Å². The lowest BCUT2D eigenvalue weighted by Gasteiger charge is -2.15. The molecule has 0 radical (unpaired) electrons. The maximum absolute atomic E-state index is 12.4. The number of rotatable bonds is 6. The highest BCUT2D eigenvalue weighted by atomic mass is 32.2. The van der Waals surface area contributed by atoms with Crippen molar-refractivity contribution in [1.29, 1.82) is 0 Å². The zero-order valence-corrected chi connectivity index (χ0v) is 15.2. The number of ether oxygens (including phenoxy) is 1. The number of anilines is 1. The predicted molar refractivity (Wildman–Crippen MR) is 93.2 cm³/mol. The SMILES string of the molecule is CC[C@H](Sc1nc(C)cc(C)n1)C(=O)Nc1ccc(OC(F)(F)F)cc1. The van der Waals surface area contributed by atoms with Gasteiger partial charge in [0.25, 0.3) is 0 Å². The Balaban J connectivity index is 2.02. The van der Waals surface area contributed by atoms with E-state index in [0.29, 0.717) is 17.3 Å². The van der Waals surface area contributed by atoms with E-state index in [2.05, 4.69) is 20.0 Å². The predicted octanol–water partition coefficient (Wildman–Crippen LogP) is 4.50. The van der Waals surface area contributed by atoms with Gasteiger partial charge in [-0.15, -0.1) is 13.2 Å². The number of benzene rings is 1. The van der Waals surface area contributed by atoms with E-state index in [4.69, 9.17) is 0 Å². The second kappa shape index (κ2) is 8.39. The number of halogens is 3. The summed E-state index contributed by atoms with van der Waals surface area (Å²) in [4.78, 5) is 21.0. The molecule has 0 aliphatic heterocycles. The number of hydrogen-bond acceptors (Lipinski definition) is 5. The summed E-state index contributed by atoms with van der Waals surface area (Å²) in [5.41, 5.74) is 2.01. The lowest BCUT2D eigenvalue weighted by molar-refractivity contribution is -0.274. The molecule has 0 bridgehead atoms. The minimum atomic E-state index is -4.75. The number of aryl methyl sites for hydroxylation is 2. The Hall–Kier alpha value is -2.29. The Morgan fingerprint density at radius 2 is 1.77 bits per heavy atom. The van der Waals surface area contributed by atoms with Crippen LogP contribution in [-0.4, -0.2) is 27.5 Å². The minimum absolute atomic E-state index is 0.273. The lowest BCUT2D eigenvalue weighted by atomic mass is 10.2. The maximum atomic E-state index is 12.4. The number of hydrogen-bond donors (Lipinski definition) is 1. The maximum Gasteiger partial charge on any atom is 0.573 e. The van der Waals surface area contributed by atoms with Gasteiger partial charge in [-0.05, 0) is 50.6 Å². The van der Waals surface area contributed by atoms with Crippen LogP contribution >= 0.6 is 11.8 Å². The van der Waals surface area contributed by atoms with Crippen LogP contribution in [0.4, 0.5) is 18.9 Å². The number of carbonyl (C=O) groups excluding carboxylic acids is 1. The zero-order valence-electron chi connectivity index (χ0n) is 14.4. The molecule has 140 valence electrons. The van der Waals surface area contributed by atoms with Gasteiger partial charge in [-0.2, -0.15) is 0 Å². The topological polar surface area (TPSA) is 64.1 Å². The van der Waals surface area contributed by atoms with Crippen LogP contribution in [0.2, 0.25) is 0 Å². The molecule has 0 aliphatic carbocycles. The molecule has 1 N–H and O–H groups in total. The molecule has 1 heterocycles. The minimum Gasteiger partial charge on any atom is -0.406 e. The molecule has 2 aromatic rings. The monoisotopic (exact) mass is 385 g/mol. The normalized spacial score (nSPS) is 12.5. The van der Waals surface area contributed by atoms with Gasteiger partial charge in [0.2, 0.25) is 5.91 Å². The number of nitrogens with zero attached hydrogens (tertiary/aromatic N) is 2. The Labute approximate surface area is 153 Å². The molecule has 0 saturated carbocycles. The molecule has 26 heavy (non-hydrogen) atoms. The van der Waals surface area contributed by atoms with Crippen LogP contribution in [-0.2, 0) is 4.79 Å². The molecular formula is C17H18F3N3O2S. The van der Waals surface area contributed by atoms with E-state index in [0.717, 1.165) is 23.5 Å². The quantitative estimate of drug-likeness (QED) is 0.586. The third-order valence-electron chi connectivity index (χ3n) is 3.23. The van der Waals surface area contributed by atoms with Crippen LogP contribution in [0.3, 0.4) is 0 Å².